The van der Waals surface area contributed by atoms with Crippen LogP contribution in [0.5, 0.6) is 11.5 Å². The summed E-state index contributed by atoms with van der Waals surface area (Å²) in [5.74, 6) is 1.11. The molecule has 164 valence electrons. The number of ether oxygens (including phenoxy) is 2. The van der Waals surface area contributed by atoms with Gasteiger partial charge in [0.2, 0.25) is 12.0 Å². The lowest BCUT2D eigenvalue weighted by Crippen LogP contribution is -2.42. The van der Waals surface area contributed by atoms with Crippen molar-refractivity contribution in [2.45, 2.75) is 18.9 Å². The zero-order valence-electron chi connectivity index (χ0n) is 17.5. The molecule has 1 aliphatic heterocycles. The molecule has 4 rings (SSSR count). The number of carbonyl (C=O) groups is 2. The zero-order valence-corrected chi connectivity index (χ0v) is 18.2. The van der Waals surface area contributed by atoms with E-state index in [2.05, 4.69) is 10.3 Å². The molecule has 32 heavy (non-hydrogen) atoms. The minimum atomic E-state index is -0.752. The third-order valence-corrected chi connectivity index (χ3v) is 5.30. The zero-order chi connectivity index (χ0) is 22.5. The van der Waals surface area contributed by atoms with Crippen LogP contribution in [0, 0.1) is 0 Å². The first kappa shape index (κ1) is 21.6. The largest absolute Gasteiger partial charge is 0.495 e. The Morgan fingerprint density at radius 3 is 2.78 bits per heavy atom. The molecule has 8 heteroatoms. The number of hydrogen-bond donors (Lipinski definition) is 1. The fourth-order valence-corrected chi connectivity index (χ4v) is 3.72. The summed E-state index contributed by atoms with van der Waals surface area (Å²) >= 11 is 6.02. The highest BCUT2D eigenvalue weighted by molar-refractivity contribution is 6.31. The Balaban J connectivity index is 1.44. The number of benzene rings is 2. The summed E-state index contributed by atoms with van der Waals surface area (Å²) < 4.78 is 11.2. The first-order valence-electron chi connectivity index (χ1n) is 10.2. The first-order chi connectivity index (χ1) is 15.6. The Morgan fingerprint density at radius 2 is 2.00 bits per heavy atom. The number of methoxy groups -OCH3 is 1. The maximum absolute atomic E-state index is 13.2. The quantitative estimate of drug-likeness (QED) is 0.566. The number of rotatable bonds is 7. The van der Waals surface area contributed by atoms with Crippen LogP contribution in [0.1, 0.15) is 24.5 Å². The summed E-state index contributed by atoms with van der Waals surface area (Å²) in [7, 11) is 1.52. The molecule has 0 unspecified atom stereocenters. The van der Waals surface area contributed by atoms with Crippen LogP contribution in [0.4, 0.5) is 11.5 Å². The maximum atomic E-state index is 13.2. The van der Waals surface area contributed by atoms with Gasteiger partial charge in [0.1, 0.15) is 5.75 Å². The minimum Gasteiger partial charge on any atom is -0.495 e. The molecule has 7 nitrogen and oxygen atoms in total. The summed E-state index contributed by atoms with van der Waals surface area (Å²) in [6.45, 7) is 0.329. The van der Waals surface area contributed by atoms with Crippen molar-refractivity contribution >= 4 is 34.9 Å². The normalized spacial score (nSPS) is 15.0. The van der Waals surface area contributed by atoms with Gasteiger partial charge in [-0.3, -0.25) is 14.5 Å². The highest BCUT2D eigenvalue weighted by Gasteiger charge is 2.36. The van der Waals surface area contributed by atoms with E-state index in [0.717, 1.165) is 5.56 Å². The van der Waals surface area contributed by atoms with E-state index in [1.165, 1.54) is 7.11 Å². The summed E-state index contributed by atoms with van der Waals surface area (Å²) in [4.78, 5) is 31.6. The number of aromatic nitrogens is 1. The Morgan fingerprint density at radius 1 is 1.19 bits per heavy atom. The Hall–Kier alpha value is -3.58. The summed E-state index contributed by atoms with van der Waals surface area (Å²) in [6, 6.07) is 17.9. The van der Waals surface area contributed by atoms with Crippen molar-refractivity contribution in [3.63, 3.8) is 0 Å². The second-order valence-corrected chi connectivity index (χ2v) is 7.66. The smallest absolute Gasteiger partial charge is 0.274 e. The van der Waals surface area contributed by atoms with Crippen LogP contribution in [-0.2, 0) is 9.59 Å². The van der Waals surface area contributed by atoms with Crippen molar-refractivity contribution in [2.75, 3.05) is 23.9 Å². The Kier molecular flexibility index (Phi) is 6.56. The predicted octanol–water partition coefficient (Wildman–Crippen LogP) is 4.63. The fourth-order valence-electron chi connectivity index (χ4n) is 3.54. The average molecular weight is 452 g/mol. The Bertz CT molecular complexity index is 1120. The van der Waals surface area contributed by atoms with Gasteiger partial charge in [-0.25, -0.2) is 4.98 Å². The van der Waals surface area contributed by atoms with E-state index in [1.54, 1.807) is 41.4 Å². The van der Waals surface area contributed by atoms with Crippen molar-refractivity contribution in [3.8, 4) is 11.5 Å². The van der Waals surface area contributed by atoms with Crippen LogP contribution in [0.15, 0.2) is 66.9 Å². The summed E-state index contributed by atoms with van der Waals surface area (Å²) in [5.41, 5.74) is 1.27. The third-order valence-electron chi connectivity index (χ3n) is 5.07. The van der Waals surface area contributed by atoms with Crippen LogP contribution in [0.25, 0.3) is 0 Å². The van der Waals surface area contributed by atoms with Crippen molar-refractivity contribution in [2.24, 2.45) is 0 Å². The van der Waals surface area contributed by atoms with E-state index in [1.807, 2.05) is 30.3 Å². The van der Waals surface area contributed by atoms with Gasteiger partial charge in [-0.05, 0) is 36.8 Å². The van der Waals surface area contributed by atoms with Crippen LogP contribution < -0.4 is 19.7 Å². The number of hydrogen-bond acceptors (Lipinski definition) is 5. The molecule has 0 radical (unpaired) electrons. The van der Waals surface area contributed by atoms with E-state index in [9.17, 15) is 9.59 Å². The molecule has 2 amide bonds. The second kappa shape index (κ2) is 9.70. The maximum Gasteiger partial charge on any atom is 0.274 e. The highest BCUT2D eigenvalue weighted by atomic mass is 35.5. The lowest BCUT2D eigenvalue weighted by molar-refractivity contribution is -0.127. The number of fused-ring (bicyclic) bond motifs is 1. The van der Waals surface area contributed by atoms with Gasteiger partial charge >= 0.3 is 0 Å². The molecule has 0 spiro atoms. The molecule has 0 saturated heterocycles. The molecular weight excluding hydrogens is 430 g/mol. The molecule has 1 aromatic heterocycles. The molecule has 1 N–H and O–H groups in total. The van der Waals surface area contributed by atoms with Gasteiger partial charge in [0.25, 0.3) is 5.91 Å². The SMILES string of the molecule is COc1ccc(Cl)cc1NC(=O)CCCN1C(=O)[C@H](c2ccccc2)Oc2cccnc21. The molecule has 1 aliphatic rings. The topological polar surface area (TPSA) is 80.8 Å². The van der Waals surface area contributed by atoms with Gasteiger partial charge in [-0.15, -0.1) is 0 Å². The standard InChI is InChI=1S/C24H22ClN3O4/c1-31-19-12-11-17(25)15-18(19)27-21(29)10-6-14-28-23-20(9-5-13-26-23)32-22(24(28)30)16-7-3-2-4-8-16/h2-5,7-9,11-13,15,22H,6,10,14H2,1H3,(H,27,29)/t22-/m0/s1. The first-order valence-corrected chi connectivity index (χ1v) is 10.6. The van der Waals surface area contributed by atoms with Gasteiger partial charge in [-0.1, -0.05) is 41.9 Å². The van der Waals surface area contributed by atoms with Crippen molar-refractivity contribution < 1.29 is 19.1 Å². The number of carbonyl (C=O) groups excluding carboxylic acids is 2. The number of halogens is 1. The van der Waals surface area contributed by atoms with Gasteiger partial charge in [0.15, 0.2) is 11.6 Å². The van der Waals surface area contributed by atoms with Gasteiger partial charge in [-0.2, -0.15) is 0 Å². The molecule has 0 saturated carbocycles. The molecule has 0 aliphatic carbocycles. The van der Waals surface area contributed by atoms with E-state index in [-0.39, 0.29) is 18.2 Å². The van der Waals surface area contributed by atoms with E-state index in [4.69, 9.17) is 21.1 Å². The van der Waals surface area contributed by atoms with Gasteiger partial charge in [0, 0.05) is 29.7 Å². The number of anilines is 2. The lowest BCUT2D eigenvalue weighted by atomic mass is 10.1. The van der Waals surface area contributed by atoms with Crippen molar-refractivity contribution in [3.05, 3.63) is 77.4 Å². The number of nitrogens with one attached hydrogen (secondary N) is 1. The molecule has 0 fully saturated rings. The molecule has 2 heterocycles. The van der Waals surface area contributed by atoms with Crippen LogP contribution in [-0.4, -0.2) is 30.5 Å². The minimum absolute atomic E-state index is 0.202. The van der Waals surface area contributed by atoms with Crippen molar-refractivity contribution in [1.82, 2.24) is 4.98 Å². The number of pyridine rings is 1. The molecular formula is C24H22ClN3O4. The molecule has 3 aromatic rings. The molecule has 1 atom stereocenters. The fraction of sp³-hybridized carbons (Fsp3) is 0.208. The monoisotopic (exact) mass is 451 g/mol. The van der Waals surface area contributed by atoms with E-state index in [0.29, 0.717) is 41.0 Å². The number of nitrogens with zero attached hydrogens (tertiary/aromatic N) is 2. The molecule has 2 aromatic carbocycles. The van der Waals surface area contributed by atoms with E-state index < -0.39 is 6.10 Å². The van der Waals surface area contributed by atoms with Gasteiger partial charge in [0.05, 0.1) is 12.8 Å². The summed E-state index contributed by atoms with van der Waals surface area (Å²) in [5, 5.41) is 3.31. The van der Waals surface area contributed by atoms with Crippen LogP contribution in [0.3, 0.4) is 0 Å². The van der Waals surface area contributed by atoms with Crippen LogP contribution in [0.2, 0.25) is 5.02 Å². The second-order valence-electron chi connectivity index (χ2n) is 7.22. The average Bonchev–Trinajstić information content (AvgIpc) is 2.81. The van der Waals surface area contributed by atoms with Crippen LogP contribution >= 0.6 is 11.6 Å². The summed E-state index contributed by atoms with van der Waals surface area (Å²) in [6.07, 6.45) is 1.51. The van der Waals surface area contributed by atoms with E-state index >= 15 is 0 Å². The van der Waals surface area contributed by atoms with Crippen molar-refractivity contribution in [1.29, 1.82) is 0 Å². The predicted molar refractivity (Wildman–Crippen MR) is 122 cm³/mol. The highest BCUT2D eigenvalue weighted by Crippen LogP contribution is 2.37. The number of amides is 2. The van der Waals surface area contributed by atoms with Gasteiger partial charge < -0.3 is 14.8 Å². The molecule has 0 bridgehead atoms. The third kappa shape index (κ3) is 4.68. The Labute approximate surface area is 190 Å². The lowest BCUT2D eigenvalue weighted by Gasteiger charge is -2.33.